The average Bonchev–Trinajstić information content (AvgIpc) is 2.92. The van der Waals surface area contributed by atoms with Gasteiger partial charge in [-0.15, -0.1) is 0 Å². The van der Waals surface area contributed by atoms with E-state index in [1.165, 1.54) is 0 Å². The maximum absolute atomic E-state index is 12.5. The maximum atomic E-state index is 12.5. The molecule has 0 spiro atoms. The molecule has 1 N–H and O–H groups in total. The Morgan fingerprint density at radius 1 is 1.00 bits per heavy atom. The number of oxazole rings is 1. The summed E-state index contributed by atoms with van der Waals surface area (Å²) >= 11 is 0. The van der Waals surface area contributed by atoms with E-state index in [-0.39, 0.29) is 10.8 Å². The summed E-state index contributed by atoms with van der Waals surface area (Å²) in [7, 11) is -3.50. The number of nitrogens with one attached hydrogen (secondary N) is 1. The van der Waals surface area contributed by atoms with Crippen molar-refractivity contribution in [2.75, 3.05) is 6.54 Å². The molecule has 2 rings (SSSR count). The highest BCUT2D eigenvalue weighted by atomic mass is 32.2. The Labute approximate surface area is 163 Å². The number of hydrogen-bond acceptors (Lipinski definition) is 4. The SMILES string of the molecule is Cc1nc(C(C)(C)C)oc1CCCNS(=O)(=O)c1ccc(C(C)(C)C)cc1. The molecule has 0 bridgehead atoms. The zero-order valence-corrected chi connectivity index (χ0v) is 18.3. The number of aromatic nitrogens is 1. The average molecular weight is 393 g/mol. The molecule has 0 saturated heterocycles. The number of aryl methyl sites for hydroxylation is 2. The first-order valence-corrected chi connectivity index (χ1v) is 10.9. The molecule has 6 heteroatoms. The van der Waals surface area contributed by atoms with Crippen molar-refractivity contribution in [3.05, 3.63) is 47.2 Å². The lowest BCUT2D eigenvalue weighted by molar-refractivity contribution is 0.370. The van der Waals surface area contributed by atoms with E-state index in [1.807, 2.05) is 19.1 Å². The van der Waals surface area contributed by atoms with Crippen LogP contribution in [0.1, 0.15) is 70.9 Å². The minimum atomic E-state index is -3.50. The van der Waals surface area contributed by atoms with Crippen LogP contribution in [0.2, 0.25) is 0 Å². The highest BCUT2D eigenvalue weighted by Gasteiger charge is 2.22. The van der Waals surface area contributed by atoms with E-state index in [0.29, 0.717) is 24.3 Å². The summed E-state index contributed by atoms with van der Waals surface area (Å²) in [5.41, 5.74) is 1.85. The summed E-state index contributed by atoms with van der Waals surface area (Å²) in [6, 6.07) is 7.08. The highest BCUT2D eigenvalue weighted by Crippen LogP contribution is 2.25. The molecule has 2 aromatic rings. The van der Waals surface area contributed by atoms with Gasteiger partial charge in [0.15, 0.2) is 5.89 Å². The Kier molecular flexibility index (Phi) is 6.22. The summed E-state index contributed by atoms with van der Waals surface area (Å²) in [6.07, 6.45) is 1.30. The first kappa shape index (κ1) is 21.6. The van der Waals surface area contributed by atoms with Crippen molar-refractivity contribution in [2.24, 2.45) is 0 Å². The Balaban J connectivity index is 1.94. The van der Waals surface area contributed by atoms with E-state index >= 15 is 0 Å². The molecular weight excluding hydrogens is 360 g/mol. The van der Waals surface area contributed by atoms with E-state index in [1.54, 1.807) is 12.1 Å². The summed E-state index contributed by atoms with van der Waals surface area (Å²) < 4.78 is 33.4. The lowest BCUT2D eigenvalue weighted by Crippen LogP contribution is -2.25. The van der Waals surface area contributed by atoms with Gasteiger partial charge in [0, 0.05) is 18.4 Å². The predicted molar refractivity (Wildman–Crippen MR) is 109 cm³/mol. The predicted octanol–water partition coefficient (Wildman–Crippen LogP) is 4.49. The fourth-order valence-corrected chi connectivity index (χ4v) is 3.73. The van der Waals surface area contributed by atoms with Gasteiger partial charge in [0.05, 0.1) is 10.6 Å². The van der Waals surface area contributed by atoms with Crippen LogP contribution in [0.4, 0.5) is 0 Å². The quantitative estimate of drug-likeness (QED) is 0.735. The molecule has 0 aliphatic heterocycles. The fraction of sp³-hybridized carbons (Fsp3) is 0.571. The second kappa shape index (κ2) is 7.76. The molecule has 0 aliphatic carbocycles. The third-order valence-corrected chi connectivity index (χ3v) is 5.91. The zero-order chi connectivity index (χ0) is 20.5. The van der Waals surface area contributed by atoms with Gasteiger partial charge >= 0.3 is 0 Å². The summed E-state index contributed by atoms with van der Waals surface area (Å²) in [5, 5.41) is 0. The topological polar surface area (TPSA) is 72.2 Å². The summed E-state index contributed by atoms with van der Waals surface area (Å²) in [6.45, 7) is 14.8. The van der Waals surface area contributed by atoms with Crippen LogP contribution in [0.25, 0.3) is 0 Å². The standard InChI is InChI=1S/C21H32N2O3S/c1-15-18(26-19(23-15)21(5,6)7)9-8-14-22-27(24,25)17-12-10-16(11-13-17)20(2,3)4/h10-13,22H,8-9,14H2,1-7H3. The largest absolute Gasteiger partial charge is 0.445 e. The third kappa shape index (κ3) is 5.66. The van der Waals surface area contributed by atoms with Gasteiger partial charge in [-0.2, -0.15) is 0 Å². The van der Waals surface area contributed by atoms with Crippen LogP contribution in [-0.2, 0) is 27.3 Å². The maximum Gasteiger partial charge on any atom is 0.240 e. The van der Waals surface area contributed by atoms with Gasteiger partial charge in [0.2, 0.25) is 10.0 Å². The molecule has 0 aliphatic rings. The number of sulfonamides is 1. The van der Waals surface area contributed by atoms with Crippen LogP contribution < -0.4 is 4.72 Å². The van der Waals surface area contributed by atoms with E-state index in [9.17, 15) is 8.42 Å². The summed E-state index contributed by atoms with van der Waals surface area (Å²) in [4.78, 5) is 4.77. The van der Waals surface area contributed by atoms with E-state index in [4.69, 9.17) is 4.42 Å². The molecule has 27 heavy (non-hydrogen) atoms. The molecule has 0 unspecified atom stereocenters. The molecule has 5 nitrogen and oxygen atoms in total. The van der Waals surface area contributed by atoms with Crippen molar-refractivity contribution < 1.29 is 12.8 Å². The van der Waals surface area contributed by atoms with Crippen molar-refractivity contribution in [3.63, 3.8) is 0 Å². The lowest BCUT2D eigenvalue weighted by atomic mass is 9.87. The Hall–Kier alpha value is -1.66. The van der Waals surface area contributed by atoms with E-state index in [0.717, 1.165) is 22.9 Å². The molecule has 0 atom stereocenters. The minimum absolute atomic E-state index is 0.00341. The number of nitrogens with zero attached hydrogens (tertiary/aromatic N) is 1. The molecule has 1 aromatic heterocycles. The molecule has 0 saturated carbocycles. The van der Waals surface area contributed by atoms with Crippen molar-refractivity contribution >= 4 is 10.0 Å². The molecule has 0 radical (unpaired) electrons. The monoisotopic (exact) mass is 392 g/mol. The molecule has 1 aromatic carbocycles. The van der Waals surface area contributed by atoms with Crippen molar-refractivity contribution in [3.8, 4) is 0 Å². The van der Waals surface area contributed by atoms with E-state index < -0.39 is 10.0 Å². The van der Waals surface area contributed by atoms with E-state index in [2.05, 4.69) is 51.2 Å². The zero-order valence-electron chi connectivity index (χ0n) is 17.5. The van der Waals surface area contributed by atoms with Crippen LogP contribution in [0.5, 0.6) is 0 Å². The Morgan fingerprint density at radius 3 is 2.07 bits per heavy atom. The second-order valence-electron chi connectivity index (χ2n) is 9.05. The number of hydrogen-bond donors (Lipinski definition) is 1. The Morgan fingerprint density at radius 2 is 1.59 bits per heavy atom. The number of rotatable bonds is 6. The smallest absolute Gasteiger partial charge is 0.240 e. The molecule has 1 heterocycles. The van der Waals surface area contributed by atoms with Gasteiger partial charge < -0.3 is 4.42 Å². The first-order chi connectivity index (χ1) is 12.3. The van der Waals surface area contributed by atoms with Crippen LogP contribution in [-0.4, -0.2) is 19.9 Å². The normalized spacial score (nSPS) is 13.1. The molecule has 150 valence electrons. The molecular formula is C21H32N2O3S. The molecule has 0 fully saturated rings. The van der Waals surface area contributed by atoms with Gasteiger partial charge in [-0.25, -0.2) is 18.1 Å². The van der Waals surface area contributed by atoms with Crippen LogP contribution >= 0.6 is 0 Å². The lowest BCUT2D eigenvalue weighted by Gasteiger charge is -2.19. The van der Waals surface area contributed by atoms with Gasteiger partial charge in [0.1, 0.15) is 5.76 Å². The van der Waals surface area contributed by atoms with Crippen LogP contribution in [0, 0.1) is 6.92 Å². The van der Waals surface area contributed by atoms with Gasteiger partial charge in [-0.05, 0) is 36.5 Å². The fourth-order valence-electron chi connectivity index (χ4n) is 2.65. The van der Waals surface area contributed by atoms with Crippen LogP contribution in [0.15, 0.2) is 33.6 Å². The Bertz CT molecular complexity index is 868. The van der Waals surface area contributed by atoms with Gasteiger partial charge in [-0.1, -0.05) is 53.7 Å². The first-order valence-electron chi connectivity index (χ1n) is 9.38. The van der Waals surface area contributed by atoms with Crippen molar-refractivity contribution in [1.82, 2.24) is 9.71 Å². The van der Waals surface area contributed by atoms with Crippen LogP contribution in [0.3, 0.4) is 0 Å². The summed E-state index contributed by atoms with van der Waals surface area (Å²) in [5.74, 6) is 1.54. The molecule has 0 amide bonds. The second-order valence-corrected chi connectivity index (χ2v) is 10.8. The van der Waals surface area contributed by atoms with Crippen molar-refractivity contribution in [1.29, 1.82) is 0 Å². The van der Waals surface area contributed by atoms with Gasteiger partial charge in [-0.3, -0.25) is 0 Å². The van der Waals surface area contributed by atoms with Crippen molar-refractivity contribution in [2.45, 2.75) is 77.0 Å². The minimum Gasteiger partial charge on any atom is -0.445 e. The highest BCUT2D eigenvalue weighted by molar-refractivity contribution is 7.89. The third-order valence-electron chi connectivity index (χ3n) is 4.44. The van der Waals surface area contributed by atoms with Gasteiger partial charge in [0.25, 0.3) is 0 Å². The number of benzene rings is 1.